The van der Waals surface area contributed by atoms with Gasteiger partial charge in [-0.3, -0.25) is 14.4 Å². The predicted octanol–water partition coefficient (Wildman–Crippen LogP) is 2.41. The fourth-order valence-corrected chi connectivity index (χ4v) is 1.99. The minimum absolute atomic E-state index is 0.298. The molecule has 0 aliphatic heterocycles. The van der Waals surface area contributed by atoms with E-state index in [1.165, 1.54) is 12.1 Å². The number of benzene rings is 2. The van der Waals surface area contributed by atoms with E-state index in [0.717, 1.165) is 0 Å². The van der Waals surface area contributed by atoms with Crippen molar-refractivity contribution < 1.29 is 19.5 Å². The third-order valence-electron chi connectivity index (χ3n) is 2.89. The van der Waals surface area contributed by atoms with Crippen LogP contribution in [0.1, 0.15) is 20.7 Å². The van der Waals surface area contributed by atoms with Gasteiger partial charge in [0.1, 0.15) is 6.54 Å². The Hall–Kier alpha value is -2.86. The molecule has 118 valence electrons. The van der Waals surface area contributed by atoms with E-state index in [4.69, 9.17) is 16.7 Å². The van der Waals surface area contributed by atoms with Gasteiger partial charge in [-0.2, -0.15) is 0 Å². The Morgan fingerprint density at radius 3 is 2.26 bits per heavy atom. The molecule has 0 unspecified atom stereocenters. The highest BCUT2D eigenvalue weighted by molar-refractivity contribution is 6.31. The van der Waals surface area contributed by atoms with Gasteiger partial charge in [0, 0.05) is 21.8 Å². The third-order valence-corrected chi connectivity index (χ3v) is 3.13. The molecule has 0 heterocycles. The summed E-state index contributed by atoms with van der Waals surface area (Å²) in [4.78, 5) is 34.1. The van der Waals surface area contributed by atoms with Crippen LogP contribution in [0.4, 0.5) is 5.69 Å². The zero-order valence-corrected chi connectivity index (χ0v) is 12.6. The number of carboxylic acid groups (broad SMARTS) is 1. The molecule has 2 aromatic carbocycles. The lowest BCUT2D eigenvalue weighted by molar-refractivity contribution is -0.135. The first-order valence-electron chi connectivity index (χ1n) is 6.62. The van der Waals surface area contributed by atoms with Gasteiger partial charge in [-0.1, -0.05) is 17.7 Å². The van der Waals surface area contributed by atoms with Crippen molar-refractivity contribution in [2.75, 3.05) is 11.9 Å². The molecule has 2 rings (SSSR count). The molecule has 2 aromatic rings. The number of carbonyl (C=O) groups is 3. The van der Waals surface area contributed by atoms with Gasteiger partial charge < -0.3 is 15.7 Å². The van der Waals surface area contributed by atoms with Gasteiger partial charge in [0.2, 0.25) is 0 Å². The molecule has 0 bridgehead atoms. The molecule has 0 spiro atoms. The SMILES string of the molecule is O=C(O)CNC(=O)c1ccc(NC(=O)c2cccc(Cl)c2)cc1. The molecular weight excluding hydrogens is 320 g/mol. The molecule has 7 heteroatoms. The Morgan fingerprint density at radius 1 is 0.957 bits per heavy atom. The lowest BCUT2D eigenvalue weighted by Crippen LogP contribution is -2.29. The number of hydrogen-bond acceptors (Lipinski definition) is 3. The topological polar surface area (TPSA) is 95.5 Å². The van der Waals surface area contributed by atoms with Crippen LogP contribution in [0.25, 0.3) is 0 Å². The second-order valence-electron chi connectivity index (χ2n) is 4.62. The number of halogens is 1. The van der Waals surface area contributed by atoms with Crippen LogP contribution < -0.4 is 10.6 Å². The van der Waals surface area contributed by atoms with Gasteiger partial charge in [0.15, 0.2) is 0 Å². The maximum atomic E-state index is 12.0. The number of hydrogen-bond donors (Lipinski definition) is 3. The van der Waals surface area contributed by atoms with Crippen molar-refractivity contribution >= 4 is 35.1 Å². The normalized spacial score (nSPS) is 9.96. The van der Waals surface area contributed by atoms with Crippen molar-refractivity contribution in [2.45, 2.75) is 0 Å². The number of carboxylic acids is 1. The highest BCUT2D eigenvalue weighted by Crippen LogP contribution is 2.14. The zero-order chi connectivity index (χ0) is 16.8. The van der Waals surface area contributed by atoms with E-state index in [-0.39, 0.29) is 5.91 Å². The van der Waals surface area contributed by atoms with Gasteiger partial charge in [-0.05, 0) is 42.5 Å². The molecule has 23 heavy (non-hydrogen) atoms. The number of amides is 2. The minimum atomic E-state index is -1.12. The Labute approximate surface area is 137 Å². The number of anilines is 1. The van der Waals surface area contributed by atoms with Crippen molar-refractivity contribution in [2.24, 2.45) is 0 Å². The van der Waals surface area contributed by atoms with Crippen LogP contribution >= 0.6 is 11.6 Å². The van der Waals surface area contributed by atoms with E-state index in [9.17, 15) is 14.4 Å². The van der Waals surface area contributed by atoms with Gasteiger partial charge in [-0.15, -0.1) is 0 Å². The Kier molecular flexibility index (Phi) is 5.32. The summed E-state index contributed by atoms with van der Waals surface area (Å²) in [6.07, 6.45) is 0. The van der Waals surface area contributed by atoms with Crippen LogP contribution in [0, 0.1) is 0 Å². The molecular formula is C16H13ClN2O4. The van der Waals surface area contributed by atoms with Crippen molar-refractivity contribution in [1.82, 2.24) is 5.32 Å². The van der Waals surface area contributed by atoms with Crippen molar-refractivity contribution in [1.29, 1.82) is 0 Å². The molecule has 0 aliphatic rings. The van der Waals surface area contributed by atoms with Gasteiger partial charge in [0.05, 0.1) is 0 Å². The number of aliphatic carboxylic acids is 1. The van der Waals surface area contributed by atoms with E-state index < -0.39 is 18.4 Å². The Morgan fingerprint density at radius 2 is 1.65 bits per heavy atom. The van der Waals surface area contributed by atoms with E-state index in [1.54, 1.807) is 36.4 Å². The molecule has 0 atom stereocenters. The average molecular weight is 333 g/mol. The highest BCUT2D eigenvalue weighted by Gasteiger charge is 2.09. The summed E-state index contributed by atoms with van der Waals surface area (Å²) < 4.78 is 0. The monoisotopic (exact) mass is 332 g/mol. The van der Waals surface area contributed by atoms with Crippen molar-refractivity contribution in [3.8, 4) is 0 Å². The largest absolute Gasteiger partial charge is 0.480 e. The summed E-state index contributed by atoms with van der Waals surface area (Å²) in [5, 5.41) is 13.9. The molecule has 0 aliphatic carbocycles. The molecule has 6 nitrogen and oxygen atoms in total. The van der Waals surface area contributed by atoms with E-state index in [2.05, 4.69) is 10.6 Å². The first kappa shape index (κ1) is 16.5. The molecule has 3 N–H and O–H groups in total. The molecule has 0 radical (unpaired) electrons. The summed E-state index contributed by atoms with van der Waals surface area (Å²) in [6, 6.07) is 12.6. The van der Waals surface area contributed by atoms with Crippen LogP contribution in [0.15, 0.2) is 48.5 Å². The highest BCUT2D eigenvalue weighted by atomic mass is 35.5. The number of nitrogens with one attached hydrogen (secondary N) is 2. The van der Waals surface area contributed by atoms with Crippen LogP contribution in [0.3, 0.4) is 0 Å². The predicted molar refractivity (Wildman–Crippen MR) is 85.8 cm³/mol. The zero-order valence-electron chi connectivity index (χ0n) is 11.9. The Balaban J connectivity index is 2.01. The van der Waals surface area contributed by atoms with Gasteiger partial charge >= 0.3 is 5.97 Å². The summed E-state index contributed by atoms with van der Waals surface area (Å²) in [5.41, 5.74) is 1.22. The molecule has 2 amide bonds. The number of rotatable bonds is 5. The van der Waals surface area contributed by atoms with Crippen LogP contribution in [0.5, 0.6) is 0 Å². The quantitative estimate of drug-likeness (QED) is 0.783. The van der Waals surface area contributed by atoms with E-state index in [0.29, 0.717) is 21.8 Å². The van der Waals surface area contributed by atoms with Crippen LogP contribution in [-0.4, -0.2) is 29.4 Å². The van der Waals surface area contributed by atoms with Crippen LogP contribution in [-0.2, 0) is 4.79 Å². The summed E-state index contributed by atoms with van der Waals surface area (Å²) in [7, 11) is 0. The van der Waals surface area contributed by atoms with Crippen LogP contribution in [0.2, 0.25) is 5.02 Å². The molecule has 0 aromatic heterocycles. The smallest absolute Gasteiger partial charge is 0.322 e. The summed E-state index contributed by atoms with van der Waals surface area (Å²) in [5.74, 6) is -1.94. The Bertz CT molecular complexity index is 744. The standard InChI is InChI=1S/C16H13ClN2O4/c17-12-3-1-2-11(8-12)16(23)19-13-6-4-10(5-7-13)15(22)18-9-14(20)21/h1-8H,9H2,(H,18,22)(H,19,23)(H,20,21). The van der Waals surface area contributed by atoms with E-state index >= 15 is 0 Å². The minimum Gasteiger partial charge on any atom is -0.480 e. The van der Waals surface area contributed by atoms with Crippen molar-refractivity contribution in [3.05, 3.63) is 64.7 Å². The number of carbonyl (C=O) groups excluding carboxylic acids is 2. The lowest BCUT2D eigenvalue weighted by atomic mass is 10.1. The molecule has 0 saturated carbocycles. The van der Waals surface area contributed by atoms with Crippen molar-refractivity contribution in [3.63, 3.8) is 0 Å². The second kappa shape index (κ2) is 7.42. The maximum Gasteiger partial charge on any atom is 0.322 e. The molecule has 0 fully saturated rings. The van der Waals surface area contributed by atoms with Gasteiger partial charge in [-0.25, -0.2) is 0 Å². The first-order chi connectivity index (χ1) is 11.0. The third kappa shape index (κ3) is 4.82. The first-order valence-corrected chi connectivity index (χ1v) is 7.00. The van der Waals surface area contributed by atoms with E-state index in [1.807, 2.05) is 0 Å². The second-order valence-corrected chi connectivity index (χ2v) is 5.05. The average Bonchev–Trinajstić information content (AvgIpc) is 2.53. The van der Waals surface area contributed by atoms with Gasteiger partial charge in [0.25, 0.3) is 11.8 Å². The molecule has 0 saturated heterocycles. The summed E-state index contributed by atoms with van der Waals surface area (Å²) in [6.45, 7) is -0.452. The fourth-order valence-electron chi connectivity index (χ4n) is 1.80. The summed E-state index contributed by atoms with van der Waals surface area (Å²) >= 11 is 5.83. The lowest BCUT2D eigenvalue weighted by Gasteiger charge is -2.07. The fraction of sp³-hybridized carbons (Fsp3) is 0.0625. The maximum absolute atomic E-state index is 12.0.